The normalized spacial score (nSPS) is 11.8. The number of hydrogen-bond acceptors (Lipinski definition) is 2. The predicted octanol–water partition coefficient (Wildman–Crippen LogP) is 1.68. The first-order valence-corrected chi connectivity index (χ1v) is 5.44. The molecule has 1 aromatic rings. The summed E-state index contributed by atoms with van der Waals surface area (Å²) in [6, 6.07) is 7.78. The third-order valence-electron chi connectivity index (χ3n) is 1.84. The molecule has 0 saturated heterocycles. The fourth-order valence-electron chi connectivity index (χ4n) is 1.13. The minimum absolute atomic E-state index is 0.611. The van der Waals surface area contributed by atoms with Gasteiger partial charge in [0, 0.05) is 24.3 Å². The number of rotatable bonds is 2. The van der Waals surface area contributed by atoms with Crippen LogP contribution in [0.25, 0.3) is 0 Å². The van der Waals surface area contributed by atoms with Gasteiger partial charge < -0.3 is 11.1 Å². The zero-order valence-corrected chi connectivity index (χ0v) is 10.8. The highest BCUT2D eigenvalue weighted by Crippen LogP contribution is 2.15. The fraction of sp³-hybridized carbons (Fsp3) is 0.200. The van der Waals surface area contributed by atoms with Gasteiger partial charge in [-0.1, -0.05) is 22.0 Å². The molecule has 0 fully saturated rings. The van der Waals surface area contributed by atoms with Crippen LogP contribution >= 0.6 is 15.9 Å². The molecule has 0 unspecified atom stereocenters. The van der Waals surface area contributed by atoms with Crippen molar-refractivity contribution in [1.29, 1.82) is 0 Å². The molecule has 0 aliphatic heterocycles. The van der Waals surface area contributed by atoms with Gasteiger partial charge in [0.15, 0.2) is 0 Å². The van der Waals surface area contributed by atoms with Crippen LogP contribution in [0.5, 0.6) is 0 Å². The monoisotopic (exact) mass is 283 g/mol. The highest BCUT2D eigenvalue weighted by Gasteiger charge is 2.03. The number of anilines is 1. The summed E-state index contributed by atoms with van der Waals surface area (Å²) in [5, 5.41) is 8.58. The molecule has 3 N–H and O–H groups in total. The second-order valence-electron chi connectivity index (χ2n) is 2.97. The van der Waals surface area contributed by atoms with E-state index in [0.717, 1.165) is 10.2 Å². The maximum Gasteiger partial charge on any atom is 0.218 e. The van der Waals surface area contributed by atoms with Gasteiger partial charge in [-0.15, -0.1) is 0 Å². The summed E-state index contributed by atoms with van der Waals surface area (Å²) in [4.78, 5) is 4.08. The van der Waals surface area contributed by atoms with Crippen LogP contribution in [0.3, 0.4) is 0 Å². The fourth-order valence-corrected chi connectivity index (χ4v) is 1.53. The van der Waals surface area contributed by atoms with E-state index in [1.54, 1.807) is 19.1 Å². The number of aliphatic imine (C=N–C) groups is 1. The van der Waals surface area contributed by atoms with Crippen molar-refractivity contribution in [2.24, 2.45) is 15.8 Å². The van der Waals surface area contributed by atoms with E-state index < -0.39 is 0 Å². The topological polar surface area (TPSA) is 66.0 Å². The molecule has 0 heterocycles. The first-order valence-electron chi connectivity index (χ1n) is 4.64. The molecule has 5 nitrogen and oxygen atoms in total. The minimum atomic E-state index is 0.611. The molecule has 0 atom stereocenters. The lowest BCUT2D eigenvalue weighted by Crippen LogP contribution is -2.29. The Balaban J connectivity index is 2.79. The molecule has 86 valence electrons. The summed E-state index contributed by atoms with van der Waals surface area (Å²) >= 11 is 3.40. The SMILES string of the molecule is CN=C(Nc1cccc(Br)c1)N(C)/N=C/N. The van der Waals surface area contributed by atoms with E-state index in [4.69, 9.17) is 5.73 Å². The number of hydrogen-bond donors (Lipinski definition) is 2. The molecular formula is C10H14BrN5. The van der Waals surface area contributed by atoms with Gasteiger partial charge in [0.25, 0.3) is 0 Å². The van der Waals surface area contributed by atoms with Crippen LogP contribution in [0.2, 0.25) is 0 Å². The van der Waals surface area contributed by atoms with Crippen molar-refractivity contribution in [2.45, 2.75) is 0 Å². The van der Waals surface area contributed by atoms with E-state index in [9.17, 15) is 0 Å². The van der Waals surface area contributed by atoms with E-state index >= 15 is 0 Å². The molecular weight excluding hydrogens is 270 g/mol. The van der Waals surface area contributed by atoms with E-state index in [-0.39, 0.29) is 0 Å². The molecule has 0 aromatic heterocycles. The third kappa shape index (κ3) is 3.54. The Morgan fingerprint density at radius 3 is 2.88 bits per heavy atom. The predicted molar refractivity (Wildman–Crippen MR) is 71.6 cm³/mol. The van der Waals surface area contributed by atoms with Crippen molar-refractivity contribution in [2.75, 3.05) is 19.4 Å². The van der Waals surface area contributed by atoms with E-state index in [0.29, 0.717) is 5.96 Å². The Kier molecular flexibility index (Phi) is 4.78. The molecule has 0 spiro atoms. The summed E-state index contributed by atoms with van der Waals surface area (Å²) in [5.74, 6) is 0.611. The Morgan fingerprint density at radius 2 is 2.31 bits per heavy atom. The van der Waals surface area contributed by atoms with Crippen molar-refractivity contribution < 1.29 is 0 Å². The summed E-state index contributed by atoms with van der Waals surface area (Å²) in [6.07, 6.45) is 1.22. The maximum atomic E-state index is 5.22. The zero-order valence-electron chi connectivity index (χ0n) is 9.18. The van der Waals surface area contributed by atoms with Crippen LogP contribution < -0.4 is 11.1 Å². The molecule has 0 amide bonds. The van der Waals surface area contributed by atoms with E-state index in [2.05, 4.69) is 31.3 Å². The van der Waals surface area contributed by atoms with Gasteiger partial charge in [-0.05, 0) is 18.2 Å². The highest BCUT2D eigenvalue weighted by molar-refractivity contribution is 9.10. The molecule has 6 heteroatoms. The Morgan fingerprint density at radius 1 is 1.56 bits per heavy atom. The summed E-state index contributed by atoms with van der Waals surface area (Å²) < 4.78 is 0.998. The van der Waals surface area contributed by atoms with Gasteiger partial charge in [0.2, 0.25) is 5.96 Å². The molecule has 0 bridgehead atoms. The molecule has 0 aliphatic carbocycles. The van der Waals surface area contributed by atoms with Crippen molar-refractivity contribution in [3.05, 3.63) is 28.7 Å². The number of nitrogens with one attached hydrogen (secondary N) is 1. The third-order valence-corrected chi connectivity index (χ3v) is 2.33. The van der Waals surface area contributed by atoms with Crippen LogP contribution in [0.4, 0.5) is 5.69 Å². The average molecular weight is 284 g/mol. The van der Waals surface area contributed by atoms with Crippen molar-refractivity contribution >= 4 is 33.9 Å². The average Bonchev–Trinajstić information content (AvgIpc) is 2.26. The molecule has 1 rings (SSSR count). The zero-order chi connectivity index (χ0) is 12.0. The first-order chi connectivity index (χ1) is 7.67. The second-order valence-corrected chi connectivity index (χ2v) is 3.89. The number of guanidine groups is 1. The first kappa shape index (κ1) is 12.5. The van der Waals surface area contributed by atoms with Gasteiger partial charge in [0.1, 0.15) is 6.34 Å². The number of nitrogens with two attached hydrogens (primary N) is 1. The number of halogens is 1. The molecule has 0 radical (unpaired) electrons. The molecule has 0 aliphatic rings. The van der Waals surface area contributed by atoms with Gasteiger partial charge in [-0.25, -0.2) is 5.01 Å². The van der Waals surface area contributed by atoms with Gasteiger partial charge in [0.05, 0.1) is 0 Å². The van der Waals surface area contributed by atoms with Crippen molar-refractivity contribution in [1.82, 2.24) is 5.01 Å². The van der Waals surface area contributed by atoms with Crippen molar-refractivity contribution in [3.8, 4) is 0 Å². The van der Waals surface area contributed by atoms with Crippen LogP contribution in [0.1, 0.15) is 0 Å². The summed E-state index contributed by atoms with van der Waals surface area (Å²) in [7, 11) is 3.44. The quantitative estimate of drug-likeness (QED) is 0.493. The summed E-state index contributed by atoms with van der Waals surface area (Å²) in [5.41, 5.74) is 6.14. The second kappa shape index (κ2) is 6.12. The highest BCUT2D eigenvalue weighted by atomic mass is 79.9. The number of nitrogens with zero attached hydrogens (tertiary/aromatic N) is 3. The largest absolute Gasteiger partial charge is 0.388 e. The van der Waals surface area contributed by atoms with Crippen molar-refractivity contribution in [3.63, 3.8) is 0 Å². The van der Waals surface area contributed by atoms with Crippen LogP contribution in [-0.2, 0) is 0 Å². The Labute approximate surface area is 103 Å². The molecule has 16 heavy (non-hydrogen) atoms. The Hall–Kier alpha value is -1.56. The standard InChI is InChI=1S/C10H14BrN5/c1-13-10(16(2)14-7-12)15-9-5-3-4-8(11)6-9/h3-7H,1-2H3,(H2,12,14)(H,13,15). The van der Waals surface area contributed by atoms with E-state index in [1.165, 1.54) is 6.34 Å². The lowest BCUT2D eigenvalue weighted by atomic mass is 10.3. The smallest absolute Gasteiger partial charge is 0.218 e. The van der Waals surface area contributed by atoms with E-state index in [1.807, 2.05) is 24.3 Å². The maximum absolute atomic E-state index is 5.22. The van der Waals surface area contributed by atoms with Crippen LogP contribution in [0.15, 0.2) is 38.8 Å². The molecule has 0 saturated carbocycles. The van der Waals surface area contributed by atoms with Gasteiger partial charge in [-0.3, -0.25) is 4.99 Å². The van der Waals surface area contributed by atoms with Gasteiger partial charge in [-0.2, -0.15) is 5.10 Å². The number of hydrazone groups is 1. The number of benzene rings is 1. The van der Waals surface area contributed by atoms with Crippen LogP contribution in [-0.4, -0.2) is 31.4 Å². The summed E-state index contributed by atoms with van der Waals surface area (Å²) in [6.45, 7) is 0. The Bertz CT molecular complexity index is 402. The minimum Gasteiger partial charge on any atom is -0.388 e. The lowest BCUT2D eigenvalue weighted by Gasteiger charge is -2.16. The molecule has 1 aromatic carbocycles. The van der Waals surface area contributed by atoms with Crippen LogP contribution in [0, 0.1) is 0 Å². The van der Waals surface area contributed by atoms with Gasteiger partial charge >= 0.3 is 0 Å². The lowest BCUT2D eigenvalue weighted by molar-refractivity contribution is 0.544.